The van der Waals surface area contributed by atoms with Crippen molar-refractivity contribution in [3.8, 4) is 0 Å². The maximum Gasteiger partial charge on any atom is 0.286 e. The quantitative estimate of drug-likeness (QED) is 0.798. The van der Waals surface area contributed by atoms with Crippen molar-refractivity contribution in [2.45, 2.75) is 12.0 Å². The Kier molecular flexibility index (Phi) is 2.91. The minimum atomic E-state index is -1.19. The van der Waals surface area contributed by atoms with Crippen LogP contribution in [0.1, 0.15) is 15.9 Å². The molecule has 0 amide bonds. The maximum absolute atomic E-state index is 12.6. The van der Waals surface area contributed by atoms with Gasteiger partial charge in [0.1, 0.15) is 4.99 Å². The molecule has 2 aliphatic rings. The zero-order chi connectivity index (χ0) is 15.3. The third kappa shape index (κ3) is 1.58. The molecule has 22 heavy (non-hydrogen) atoms. The van der Waals surface area contributed by atoms with Crippen LogP contribution in [-0.4, -0.2) is 24.0 Å². The molecule has 0 spiro atoms. The highest BCUT2D eigenvalue weighted by Crippen LogP contribution is 2.47. The zero-order valence-corrected chi connectivity index (χ0v) is 12.7. The van der Waals surface area contributed by atoms with Crippen LogP contribution in [0.4, 0.5) is 5.69 Å². The summed E-state index contributed by atoms with van der Waals surface area (Å²) < 4.78 is 11.7. The molecule has 2 aliphatic heterocycles. The Morgan fingerprint density at radius 2 is 1.82 bits per heavy atom. The van der Waals surface area contributed by atoms with Crippen molar-refractivity contribution in [3.63, 3.8) is 0 Å². The molecular weight excluding hydrogens is 298 g/mol. The van der Waals surface area contributed by atoms with Gasteiger partial charge in [-0.25, -0.2) is 0 Å². The molecule has 1 saturated heterocycles. The number of rotatable bonds is 2. The number of carbonyl (C=O) groups excluding carboxylic acids is 1. The van der Waals surface area contributed by atoms with Crippen LogP contribution < -0.4 is 4.90 Å². The molecule has 5 heteroatoms. The van der Waals surface area contributed by atoms with Gasteiger partial charge in [0.15, 0.2) is 11.9 Å². The Morgan fingerprint density at radius 3 is 2.55 bits per heavy atom. The topological polar surface area (TPSA) is 38.8 Å². The molecule has 2 atom stereocenters. The number of benzene rings is 2. The number of para-hydroxylation sites is 1. The number of carbonyl (C=O) groups is 1. The molecule has 0 N–H and O–H groups in total. The number of hydrogen-bond donors (Lipinski definition) is 0. The van der Waals surface area contributed by atoms with E-state index in [0.29, 0.717) is 16.1 Å². The maximum atomic E-state index is 12.6. The Bertz CT molecular complexity index is 776. The average Bonchev–Trinajstić information content (AvgIpc) is 2.85. The summed E-state index contributed by atoms with van der Waals surface area (Å²) in [5.41, 5.74) is 2.12. The highest BCUT2D eigenvalue weighted by molar-refractivity contribution is 7.80. The number of hydrogen-bond acceptors (Lipinski definition) is 4. The Labute approximate surface area is 133 Å². The van der Waals surface area contributed by atoms with Gasteiger partial charge in [-0.3, -0.25) is 9.69 Å². The van der Waals surface area contributed by atoms with E-state index in [1.165, 1.54) is 0 Å². The molecule has 2 bridgehead atoms. The predicted octanol–water partition coefficient (Wildman–Crippen LogP) is 2.87. The lowest BCUT2D eigenvalue weighted by atomic mass is 9.97. The number of methoxy groups -OCH3 is 1. The van der Waals surface area contributed by atoms with Gasteiger partial charge < -0.3 is 9.47 Å². The fraction of sp³-hybridized carbons (Fsp3) is 0.176. The van der Waals surface area contributed by atoms with Gasteiger partial charge in [0.2, 0.25) is 0 Å². The second-order valence-corrected chi connectivity index (χ2v) is 5.62. The summed E-state index contributed by atoms with van der Waals surface area (Å²) in [4.78, 5) is 14.8. The van der Waals surface area contributed by atoms with Crippen molar-refractivity contribution in [1.82, 2.24) is 0 Å². The van der Waals surface area contributed by atoms with E-state index >= 15 is 0 Å². The van der Waals surface area contributed by atoms with Crippen molar-refractivity contribution < 1.29 is 14.3 Å². The second kappa shape index (κ2) is 4.71. The molecule has 2 aromatic carbocycles. The number of nitrogens with zero attached hydrogens (tertiary/aromatic N) is 1. The Morgan fingerprint density at radius 1 is 1.14 bits per heavy atom. The number of anilines is 1. The first kappa shape index (κ1) is 13.6. The molecule has 2 heterocycles. The molecule has 0 aromatic heterocycles. The van der Waals surface area contributed by atoms with Crippen molar-refractivity contribution in [3.05, 3.63) is 65.7 Å². The van der Waals surface area contributed by atoms with E-state index in [4.69, 9.17) is 21.7 Å². The first-order valence-corrected chi connectivity index (χ1v) is 7.35. The van der Waals surface area contributed by atoms with Gasteiger partial charge in [-0.1, -0.05) is 54.7 Å². The summed E-state index contributed by atoms with van der Waals surface area (Å²) in [5.74, 6) is -1.31. The molecule has 4 rings (SSSR count). The molecule has 4 nitrogen and oxygen atoms in total. The van der Waals surface area contributed by atoms with Crippen LogP contribution in [0.5, 0.6) is 0 Å². The van der Waals surface area contributed by atoms with E-state index in [9.17, 15) is 4.79 Å². The molecule has 110 valence electrons. The van der Waals surface area contributed by atoms with E-state index in [-0.39, 0.29) is 5.78 Å². The lowest BCUT2D eigenvalue weighted by molar-refractivity contribution is -0.215. The van der Waals surface area contributed by atoms with Crippen LogP contribution >= 0.6 is 12.2 Å². The third-order valence-corrected chi connectivity index (χ3v) is 4.48. The number of thiocarbonyl (C=S) groups is 1. The summed E-state index contributed by atoms with van der Waals surface area (Å²) in [6.45, 7) is 0. The van der Waals surface area contributed by atoms with Crippen LogP contribution in [-0.2, 0) is 15.4 Å². The van der Waals surface area contributed by atoms with Gasteiger partial charge in [0.25, 0.3) is 5.91 Å². The second-order valence-electron chi connectivity index (χ2n) is 5.20. The molecular formula is C17H13NO3S. The number of fused-ring (bicyclic) bond motifs is 4. The summed E-state index contributed by atoms with van der Waals surface area (Å²) in [6, 6.07) is 16.9. The van der Waals surface area contributed by atoms with Gasteiger partial charge in [0.05, 0.1) is 0 Å². The smallest absolute Gasteiger partial charge is 0.286 e. The largest absolute Gasteiger partial charge is 0.332 e. The minimum Gasteiger partial charge on any atom is -0.332 e. The van der Waals surface area contributed by atoms with Crippen molar-refractivity contribution >= 4 is 28.7 Å². The van der Waals surface area contributed by atoms with Crippen LogP contribution in [0.3, 0.4) is 0 Å². The monoisotopic (exact) mass is 311 g/mol. The number of ketones is 1. The van der Waals surface area contributed by atoms with Crippen molar-refractivity contribution in [2.24, 2.45) is 0 Å². The lowest BCUT2D eigenvalue weighted by Gasteiger charge is -2.38. The first-order chi connectivity index (χ1) is 10.7. The molecule has 1 fully saturated rings. The van der Waals surface area contributed by atoms with Gasteiger partial charge in [-0.2, -0.15) is 0 Å². The molecule has 2 unspecified atom stereocenters. The van der Waals surface area contributed by atoms with Gasteiger partial charge in [0, 0.05) is 23.9 Å². The van der Waals surface area contributed by atoms with Gasteiger partial charge in [-0.15, -0.1) is 0 Å². The normalized spacial score (nSPS) is 26.2. The molecule has 2 aromatic rings. The molecule has 0 aliphatic carbocycles. The van der Waals surface area contributed by atoms with E-state index < -0.39 is 12.0 Å². The first-order valence-electron chi connectivity index (χ1n) is 6.95. The highest BCUT2D eigenvalue weighted by atomic mass is 32.1. The molecule has 0 saturated carbocycles. The van der Waals surface area contributed by atoms with Crippen LogP contribution in [0.25, 0.3) is 0 Å². The Hall–Kier alpha value is -2.08. The standard InChI is InChI=1S/C17H13NO3S/c1-20-17-13-10-6-5-9-12(13)14(19)15(21-17)16(22)18(17)11-7-3-2-4-8-11/h2-10,15H,1H3. The fourth-order valence-electron chi connectivity index (χ4n) is 3.11. The third-order valence-electron chi connectivity index (χ3n) is 4.08. The zero-order valence-electron chi connectivity index (χ0n) is 11.9. The van der Waals surface area contributed by atoms with Gasteiger partial charge in [-0.05, 0) is 12.1 Å². The van der Waals surface area contributed by atoms with E-state index in [0.717, 1.165) is 5.69 Å². The van der Waals surface area contributed by atoms with Crippen LogP contribution in [0, 0.1) is 0 Å². The number of Topliss-reactive ketones (excluding diaryl/α,β-unsaturated/α-hetero) is 1. The predicted molar refractivity (Wildman–Crippen MR) is 85.9 cm³/mol. The SMILES string of the molecule is COC12OC(C(=O)c3ccccc31)C(=S)N2c1ccccc1. The Balaban J connectivity index is 1.99. The fourth-order valence-corrected chi connectivity index (χ4v) is 3.49. The summed E-state index contributed by atoms with van der Waals surface area (Å²) in [5, 5.41) is 0. The summed E-state index contributed by atoms with van der Waals surface area (Å²) in [7, 11) is 1.56. The van der Waals surface area contributed by atoms with E-state index in [1.54, 1.807) is 18.1 Å². The minimum absolute atomic E-state index is 0.119. The number of ether oxygens (including phenoxy) is 2. The molecule has 0 radical (unpaired) electrons. The highest BCUT2D eigenvalue weighted by Gasteiger charge is 2.59. The van der Waals surface area contributed by atoms with E-state index in [1.807, 2.05) is 48.5 Å². The van der Waals surface area contributed by atoms with E-state index in [2.05, 4.69) is 0 Å². The average molecular weight is 311 g/mol. The van der Waals surface area contributed by atoms with Crippen LogP contribution in [0.2, 0.25) is 0 Å². The summed E-state index contributed by atoms with van der Waals surface area (Å²) in [6.07, 6.45) is -0.787. The van der Waals surface area contributed by atoms with Crippen LogP contribution in [0.15, 0.2) is 54.6 Å². The lowest BCUT2D eigenvalue weighted by Crippen LogP contribution is -2.46. The van der Waals surface area contributed by atoms with Gasteiger partial charge >= 0.3 is 0 Å². The van der Waals surface area contributed by atoms with Crippen molar-refractivity contribution in [2.75, 3.05) is 12.0 Å². The summed E-state index contributed by atoms with van der Waals surface area (Å²) >= 11 is 5.52. The van der Waals surface area contributed by atoms with Crippen molar-refractivity contribution in [1.29, 1.82) is 0 Å².